The summed E-state index contributed by atoms with van der Waals surface area (Å²) in [4.78, 5) is 24.3. The van der Waals surface area contributed by atoms with Crippen molar-refractivity contribution in [2.24, 2.45) is 17.6 Å². The van der Waals surface area contributed by atoms with E-state index < -0.39 is 6.04 Å². The van der Waals surface area contributed by atoms with Crippen molar-refractivity contribution in [3.8, 4) is 0 Å². The van der Waals surface area contributed by atoms with Gasteiger partial charge in [-0.25, -0.2) is 0 Å². The minimum Gasteiger partial charge on any atom is -0.335 e. The molecule has 0 aromatic heterocycles. The largest absolute Gasteiger partial charge is 0.335 e. The Morgan fingerprint density at radius 2 is 1.81 bits per heavy atom. The second kappa shape index (κ2) is 6.63. The fourth-order valence-corrected chi connectivity index (χ4v) is 1.47. The van der Waals surface area contributed by atoms with Gasteiger partial charge in [0, 0.05) is 7.05 Å². The third-order valence-electron chi connectivity index (χ3n) is 2.72. The molecule has 0 radical (unpaired) electrons. The van der Waals surface area contributed by atoms with Gasteiger partial charge in [0.1, 0.15) is 6.29 Å². The zero-order valence-corrected chi connectivity index (χ0v) is 10.9. The minimum absolute atomic E-state index is 0.0845. The molecule has 0 aliphatic heterocycles. The van der Waals surface area contributed by atoms with Crippen LogP contribution in [-0.4, -0.2) is 36.2 Å². The van der Waals surface area contributed by atoms with Gasteiger partial charge < -0.3 is 15.4 Å². The normalized spacial score (nSPS) is 15.0. The van der Waals surface area contributed by atoms with Crippen LogP contribution < -0.4 is 5.73 Å². The second-order valence-corrected chi connectivity index (χ2v) is 5.05. The van der Waals surface area contributed by atoms with E-state index in [1.165, 1.54) is 4.90 Å². The van der Waals surface area contributed by atoms with Crippen molar-refractivity contribution in [2.75, 3.05) is 7.05 Å². The Labute approximate surface area is 98.2 Å². The molecule has 2 atom stereocenters. The Bertz CT molecular complexity index is 239. The van der Waals surface area contributed by atoms with Crippen molar-refractivity contribution in [2.45, 2.75) is 46.2 Å². The maximum Gasteiger partial charge on any atom is 0.240 e. The smallest absolute Gasteiger partial charge is 0.240 e. The number of hydrogen-bond acceptors (Lipinski definition) is 3. The van der Waals surface area contributed by atoms with Gasteiger partial charge in [0.05, 0.1) is 12.1 Å². The van der Waals surface area contributed by atoms with Gasteiger partial charge in [-0.3, -0.25) is 4.79 Å². The van der Waals surface area contributed by atoms with Crippen LogP contribution in [0.2, 0.25) is 0 Å². The molecule has 4 heteroatoms. The summed E-state index contributed by atoms with van der Waals surface area (Å²) in [5.41, 5.74) is 5.78. The molecule has 1 amide bonds. The lowest BCUT2D eigenvalue weighted by Crippen LogP contribution is -2.49. The molecule has 0 spiro atoms. The molecule has 0 rings (SSSR count). The molecule has 0 aliphatic carbocycles. The average molecular weight is 228 g/mol. The van der Waals surface area contributed by atoms with Crippen LogP contribution in [0, 0.1) is 11.8 Å². The first kappa shape index (κ1) is 15.1. The Kier molecular flexibility index (Phi) is 6.26. The number of nitrogens with two attached hydrogens (primary N) is 1. The highest BCUT2D eigenvalue weighted by Crippen LogP contribution is 2.11. The van der Waals surface area contributed by atoms with Crippen molar-refractivity contribution >= 4 is 12.2 Å². The van der Waals surface area contributed by atoms with Crippen LogP contribution in [0.5, 0.6) is 0 Å². The molecular weight excluding hydrogens is 204 g/mol. The molecule has 0 unspecified atom stereocenters. The molecule has 0 fully saturated rings. The average Bonchev–Trinajstić information content (AvgIpc) is 2.22. The van der Waals surface area contributed by atoms with Crippen LogP contribution in [0.1, 0.15) is 34.1 Å². The highest BCUT2D eigenvalue weighted by molar-refractivity contribution is 5.84. The van der Waals surface area contributed by atoms with Gasteiger partial charge >= 0.3 is 0 Å². The van der Waals surface area contributed by atoms with Crippen LogP contribution in [-0.2, 0) is 9.59 Å². The van der Waals surface area contributed by atoms with Gasteiger partial charge in [-0.15, -0.1) is 0 Å². The number of rotatable bonds is 6. The standard InChI is InChI=1S/C12H24N2O2/c1-8(2)6-10(7-15)14(5)12(16)11(13)9(3)4/h7-11H,6,13H2,1-5H3/t10-,11-/m0/s1. The van der Waals surface area contributed by atoms with Crippen LogP contribution in [0.4, 0.5) is 0 Å². The molecule has 16 heavy (non-hydrogen) atoms. The zero-order valence-electron chi connectivity index (χ0n) is 10.9. The zero-order chi connectivity index (χ0) is 12.9. The number of aldehydes is 1. The molecule has 0 aromatic rings. The molecule has 4 nitrogen and oxygen atoms in total. The summed E-state index contributed by atoms with van der Waals surface area (Å²) in [6.45, 7) is 7.85. The van der Waals surface area contributed by atoms with Gasteiger partial charge in [0.25, 0.3) is 0 Å². The number of amides is 1. The lowest BCUT2D eigenvalue weighted by molar-refractivity contribution is -0.137. The van der Waals surface area contributed by atoms with E-state index in [2.05, 4.69) is 0 Å². The Morgan fingerprint density at radius 3 is 2.12 bits per heavy atom. The van der Waals surface area contributed by atoms with Crippen molar-refractivity contribution in [3.63, 3.8) is 0 Å². The first-order valence-corrected chi connectivity index (χ1v) is 5.78. The first-order chi connectivity index (χ1) is 7.31. The van der Waals surface area contributed by atoms with Crippen molar-refractivity contribution in [3.05, 3.63) is 0 Å². The van der Waals surface area contributed by atoms with E-state index in [0.717, 1.165) is 6.29 Å². The molecule has 0 saturated heterocycles. The van der Waals surface area contributed by atoms with Crippen LogP contribution in [0.15, 0.2) is 0 Å². The van der Waals surface area contributed by atoms with Crippen molar-refractivity contribution < 1.29 is 9.59 Å². The number of carbonyl (C=O) groups excluding carboxylic acids is 2. The molecular formula is C12H24N2O2. The van der Waals surface area contributed by atoms with Crippen molar-refractivity contribution in [1.82, 2.24) is 4.90 Å². The number of likely N-dealkylation sites (N-methyl/N-ethyl adjacent to an activating group) is 1. The van der Waals surface area contributed by atoms with Gasteiger partial charge in [0.15, 0.2) is 0 Å². The Hall–Kier alpha value is -0.900. The topological polar surface area (TPSA) is 63.4 Å². The predicted octanol–water partition coefficient (Wildman–Crippen LogP) is 1.04. The van der Waals surface area contributed by atoms with Gasteiger partial charge in [-0.05, 0) is 18.3 Å². The Balaban J connectivity index is 4.55. The summed E-state index contributed by atoms with van der Waals surface area (Å²) in [6.07, 6.45) is 1.50. The third-order valence-corrected chi connectivity index (χ3v) is 2.72. The van der Waals surface area contributed by atoms with Gasteiger partial charge in [-0.2, -0.15) is 0 Å². The summed E-state index contributed by atoms with van der Waals surface area (Å²) in [5, 5.41) is 0. The fourth-order valence-electron chi connectivity index (χ4n) is 1.47. The van der Waals surface area contributed by atoms with E-state index in [9.17, 15) is 9.59 Å². The maximum atomic E-state index is 11.9. The summed E-state index contributed by atoms with van der Waals surface area (Å²) in [7, 11) is 1.64. The monoisotopic (exact) mass is 228 g/mol. The second-order valence-electron chi connectivity index (χ2n) is 5.05. The molecule has 2 N–H and O–H groups in total. The summed E-state index contributed by atoms with van der Waals surface area (Å²) >= 11 is 0. The van der Waals surface area contributed by atoms with E-state index >= 15 is 0 Å². The highest BCUT2D eigenvalue weighted by atomic mass is 16.2. The predicted molar refractivity (Wildman–Crippen MR) is 64.9 cm³/mol. The van der Waals surface area contributed by atoms with Gasteiger partial charge in [0.2, 0.25) is 5.91 Å². The fraction of sp³-hybridized carbons (Fsp3) is 0.833. The van der Waals surface area contributed by atoms with Crippen LogP contribution >= 0.6 is 0 Å². The van der Waals surface area contributed by atoms with E-state index in [0.29, 0.717) is 12.3 Å². The van der Waals surface area contributed by atoms with Crippen LogP contribution in [0.3, 0.4) is 0 Å². The molecule has 94 valence electrons. The van der Waals surface area contributed by atoms with E-state index in [-0.39, 0.29) is 17.9 Å². The molecule has 0 aliphatic rings. The SMILES string of the molecule is CC(C)C[C@@H](C=O)N(C)C(=O)[C@@H](N)C(C)C. The van der Waals surface area contributed by atoms with E-state index in [4.69, 9.17) is 5.73 Å². The molecule has 0 heterocycles. The summed E-state index contributed by atoms with van der Waals surface area (Å²) < 4.78 is 0. The van der Waals surface area contributed by atoms with E-state index in [1.807, 2.05) is 27.7 Å². The minimum atomic E-state index is -0.528. The van der Waals surface area contributed by atoms with Crippen molar-refractivity contribution in [1.29, 1.82) is 0 Å². The number of nitrogens with zero attached hydrogens (tertiary/aromatic N) is 1. The lowest BCUT2D eigenvalue weighted by Gasteiger charge is -2.28. The Morgan fingerprint density at radius 1 is 1.31 bits per heavy atom. The molecule has 0 aromatic carbocycles. The molecule has 0 bridgehead atoms. The summed E-state index contributed by atoms with van der Waals surface area (Å²) in [5.74, 6) is 0.301. The summed E-state index contributed by atoms with van der Waals surface area (Å²) in [6, 6.07) is -0.892. The highest BCUT2D eigenvalue weighted by Gasteiger charge is 2.26. The first-order valence-electron chi connectivity index (χ1n) is 5.78. The lowest BCUT2D eigenvalue weighted by atomic mass is 10.0. The number of carbonyl (C=O) groups is 2. The number of hydrogen-bond donors (Lipinski definition) is 1. The van der Waals surface area contributed by atoms with Crippen LogP contribution in [0.25, 0.3) is 0 Å². The third kappa shape index (κ3) is 4.31. The molecule has 0 saturated carbocycles. The quantitative estimate of drug-likeness (QED) is 0.691. The van der Waals surface area contributed by atoms with E-state index in [1.54, 1.807) is 7.05 Å². The maximum absolute atomic E-state index is 11.9. The van der Waals surface area contributed by atoms with Gasteiger partial charge in [-0.1, -0.05) is 27.7 Å².